The minimum Gasteiger partial charge on any atom is -0.324 e. The Balaban J connectivity index is 1.91. The van der Waals surface area contributed by atoms with Crippen molar-refractivity contribution in [1.29, 1.82) is 0 Å². The van der Waals surface area contributed by atoms with Crippen LogP contribution in [-0.4, -0.2) is 38.0 Å². The maximum atomic E-state index is 13.8. The molecule has 1 amide bonds. The Hall–Kier alpha value is -2.61. The van der Waals surface area contributed by atoms with E-state index in [-0.39, 0.29) is 23.9 Å². The number of para-hydroxylation sites is 1. The van der Waals surface area contributed by atoms with Crippen LogP contribution in [0.1, 0.15) is 22.3 Å². The summed E-state index contributed by atoms with van der Waals surface area (Å²) in [5.74, 6) is -0.365. The van der Waals surface area contributed by atoms with E-state index in [1.807, 2.05) is 79.9 Å². The van der Waals surface area contributed by atoms with E-state index < -0.39 is 10.0 Å². The number of nitrogens with one attached hydrogen (secondary N) is 1. The molecule has 3 aromatic rings. The number of anilines is 1. The van der Waals surface area contributed by atoms with Crippen LogP contribution < -0.4 is 5.32 Å². The van der Waals surface area contributed by atoms with Crippen LogP contribution in [0.5, 0.6) is 0 Å². The zero-order chi connectivity index (χ0) is 24.0. The molecular formula is C26H30N2O3S2. The summed E-state index contributed by atoms with van der Waals surface area (Å²) >= 11 is 1.52. The number of sulfonamides is 1. The number of benzene rings is 3. The van der Waals surface area contributed by atoms with E-state index in [0.29, 0.717) is 23.2 Å². The molecular weight excluding hydrogens is 452 g/mol. The first-order valence-corrected chi connectivity index (χ1v) is 13.4. The van der Waals surface area contributed by atoms with Crippen LogP contribution in [0.3, 0.4) is 0 Å². The van der Waals surface area contributed by atoms with Crippen LogP contribution in [0.25, 0.3) is 0 Å². The van der Waals surface area contributed by atoms with Gasteiger partial charge in [-0.15, -0.1) is 11.8 Å². The Labute approximate surface area is 201 Å². The van der Waals surface area contributed by atoms with Gasteiger partial charge in [-0.2, -0.15) is 4.31 Å². The lowest BCUT2D eigenvalue weighted by Crippen LogP contribution is -2.40. The van der Waals surface area contributed by atoms with Crippen molar-refractivity contribution in [2.45, 2.75) is 37.0 Å². The Kier molecular flexibility index (Phi) is 8.35. The number of carbonyl (C=O) groups is 1. The Morgan fingerprint density at radius 3 is 2.18 bits per heavy atom. The molecule has 0 radical (unpaired) electrons. The van der Waals surface area contributed by atoms with Crippen LogP contribution in [0.2, 0.25) is 0 Å². The van der Waals surface area contributed by atoms with E-state index in [1.54, 1.807) is 13.8 Å². The number of amides is 1. The van der Waals surface area contributed by atoms with Gasteiger partial charge in [-0.3, -0.25) is 4.79 Å². The topological polar surface area (TPSA) is 66.5 Å². The molecule has 0 saturated heterocycles. The van der Waals surface area contributed by atoms with Crippen LogP contribution in [0.4, 0.5) is 5.69 Å². The highest BCUT2D eigenvalue weighted by Crippen LogP contribution is 2.27. The third-order valence-electron chi connectivity index (χ3n) is 5.40. The van der Waals surface area contributed by atoms with E-state index >= 15 is 0 Å². The summed E-state index contributed by atoms with van der Waals surface area (Å²) in [7, 11) is -3.89. The molecule has 0 bridgehead atoms. The highest BCUT2D eigenvalue weighted by atomic mass is 32.2. The maximum absolute atomic E-state index is 13.8. The van der Waals surface area contributed by atoms with Gasteiger partial charge in [-0.25, -0.2) is 8.42 Å². The van der Waals surface area contributed by atoms with Crippen molar-refractivity contribution in [1.82, 2.24) is 4.31 Å². The van der Waals surface area contributed by atoms with Gasteiger partial charge in [0.15, 0.2) is 0 Å². The molecule has 0 spiro atoms. The molecule has 3 rings (SSSR count). The molecule has 0 fully saturated rings. The van der Waals surface area contributed by atoms with Crippen LogP contribution in [0, 0.1) is 20.8 Å². The molecule has 0 heterocycles. The SMILES string of the molecule is CSc1ccccc1NC(=O)CN(CCc1ccccc1)S(=O)(=O)c1c(C)cc(C)cc1C. The fraction of sp³-hybridized carbons (Fsp3) is 0.269. The lowest BCUT2D eigenvalue weighted by atomic mass is 10.1. The van der Waals surface area contributed by atoms with Gasteiger partial charge >= 0.3 is 0 Å². The van der Waals surface area contributed by atoms with Crippen molar-refractivity contribution >= 4 is 33.4 Å². The van der Waals surface area contributed by atoms with Crippen LogP contribution in [-0.2, 0) is 21.2 Å². The fourth-order valence-electron chi connectivity index (χ4n) is 3.98. The maximum Gasteiger partial charge on any atom is 0.244 e. The standard InChI is InChI=1S/C26H30N2O3S2/c1-19-16-20(2)26(21(3)17-19)33(30,31)28(15-14-22-10-6-5-7-11-22)18-25(29)27-23-12-8-9-13-24(23)32-4/h5-13,16-17H,14-15,18H2,1-4H3,(H,27,29). The minimum atomic E-state index is -3.89. The lowest BCUT2D eigenvalue weighted by Gasteiger charge is -2.24. The van der Waals surface area contributed by atoms with E-state index in [1.165, 1.54) is 16.1 Å². The second kappa shape index (κ2) is 11.0. The molecule has 5 nitrogen and oxygen atoms in total. The predicted molar refractivity (Wildman–Crippen MR) is 136 cm³/mol. The zero-order valence-electron chi connectivity index (χ0n) is 19.5. The largest absolute Gasteiger partial charge is 0.324 e. The van der Waals surface area contributed by atoms with E-state index in [9.17, 15) is 13.2 Å². The molecule has 1 N–H and O–H groups in total. The first kappa shape index (κ1) is 25.0. The smallest absolute Gasteiger partial charge is 0.244 e. The second-order valence-corrected chi connectivity index (χ2v) is 10.8. The first-order valence-electron chi connectivity index (χ1n) is 10.8. The summed E-state index contributed by atoms with van der Waals surface area (Å²) in [4.78, 5) is 14.2. The summed E-state index contributed by atoms with van der Waals surface area (Å²) in [5, 5.41) is 2.89. The summed E-state index contributed by atoms with van der Waals surface area (Å²) in [6.07, 6.45) is 2.45. The molecule has 33 heavy (non-hydrogen) atoms. The number of thioether (sulfide) groups is 1. The highest BCUT2D eigenvalue weighted by molar-refractivity contribution is 7.98. The first-order chi connectivity index (χ1) is 15.7. The number of hydrogen-bond donors (Lipinski definition) is 1. The average molecular weight is 483 g/mol. The molecule has 0 aliphatic carbocycles. The van der Waals surface area contributed by atoms with Crippen molar-refractivity contribution in [3.05, 3.63) is 89.0 Å². The quantitative estimate of drug-likeness (QED) is 0.426. The van der Waals surface area contributed by atoms with Gasteiger partial charge in [-0.1, -0.05) is 60.2 Å². The van der Waals surface area contributed by atoms with Crippen LogP contribution in [0.15, 0.2) is 76.5 Å². The molecule has 174 valence electrons. The van der Waals surface area contributed by atoms with Gasteiger partial charge < -0.3 is 5.32 Å². The van der Waals surface area contributed by atoms with Gasteiger partial charge in [0, 0.05) is 11.4 Å². The Bertz CT molecular complexity index is 1200. The predicted octanol–water partition coefficient (Wildman–Crippen LogP) is 5.21. The summed E-state index contributed by atoms with van der Waals surface area (Å²) < 4.78 is 28.8. The lowest BCUT2D eigenvalue weighted by molar-refractivity contribution is -0.116. The molecule has 0 unspecified atom stereocenters. The summed E-state index contributed by atoms with van der Waals surface area (Å²) in [6.45, 7) is 5.50. The minimum absolute atomic E-state index is 0.205. The van der Waals surface area contributed by atoms with Crippen molar-refractivity contribution in [2.75, 3.05) is 24.7 Å². The number of aryl methyl sites for hydroxylation is 3. The third kappa shape index (κ3) is 6.25. The van der Waals surface area contributed by atoms with Crippen molar-refractivity contribution in [3.63, 3.8) is 0 Å². The molecule has 0 aliphatic rings. The fourth-order valence-corrected chi connectivity index (χ4v) is 6.35. The molecule has 7 heteroatoms. The Morgan fingerprint density at radius 2 is 1.55 bits per heavy atom. The third-order valence-corrected chi connectivity index (χ3v) is 8.34. The molecule has 0 atom stereocenters. The second-order valence-electron chi connectivity index (χ2n) is 8.05. The molecule has 0 aliphatic heterocycles. The van der Waals surface area contributed by atoms with Crippen molar-refractivity contribution < 1.29 is 13.2 Å². The van der Waals surface area contributed by atoms with Crippen LogP contribution >= 0.6 is 11.8 Å². The number of nitrogens with zero attached hydrogens (tertiary/aromatic N) is 1. The normalized spacial score (nSPS) is 11.5. The molecule has 3 aromatic carbocycles. The number of carbonyl (C=O) groups excluding carboxylic acids is 1. The zero-order valence-corrected chi connectivity index (χ0v) is 21.1. The van der Waals surface area contributed by atoms with Gasteiger partial charge in [0.05, 0.1) is 17.1 Å². The van der Waals surface area contributed by atoms with Gasteiger partial charge in [0.25, 0.3) is 0 Å². The van der Waals surface area contributed by atoms with Gasteiger partial charge in [0.1, 0.15) is 0 Å². The van der Waals surface area contributed by atoms with E-state index in [0.717, 1.165) is 16.0 Å². The van der Waals surface area contributed by atoms with Gasteiger partial charge in [0.2, 0.25) is 15.9 Å². The molecule has 0 aromatic heterocycles. The van der Waals surface area contributed by atoms with E-state index in [4.69, 9.17) is 0 Å². The average Bonchev–Trinajstić information content (AvgIpc) is 2.76. The molecule has 0 saturated carbocycles. The number of hydrogen-bond acceptors (Lipinski definition) is 4. The summed E-state index contributed by atoms with van der Waals surface area (Å²) in [6, 6.07) is 20.9. The summed E-state index contributed by atoms with van der Waals surface area (Å²) in [5.41, 5.74) is 4.07. The van der Waals surface area contributed by atoms with E-state index in [2.05, 4.69) is 5.32 Å². The monoisotopic (exact) mass is 482 g/mol. The number of rotatable bonds is 9. The highest BCUT2D eigenvalue weighted by Gasteiger charge is 2.29. The van der Waals surface area contributed by atoms with Gasteiger partial charge in [-0.05, 0) is 62.3 Å². The van der Waals surface area contributed by atoms with Crippen molar-refractivity contribution in [3.8, 4) is 0 Å². The Morgan fingerprint density at radius 1 is 0.939 bits per heavy atom. The van der Waals surface area contributed by atoms with Crippen molar-refractivity contribution in [2.24, 2.45) is 0 Å².